The van der Waals surface area contributed by atoms with Crippen LogP contribution in [0, 0.1) is 5.92 Å². The summed E-state index contributed by atoms with van der Waals surface area (Å²) in [7, 11) is 1.79. The summed E-state index contributed by atoms with van der Waals surface area (Å²) in [6.07, 6.45) is 2.76. The molecular weight excluding hydrogens is 162 g/mol. The maximum absolute atomic E-state index is 5.28. The van der Waals surface area contributed by atoms with Crippen LogP contribution in [0.2, 0.25) is 0 Å². The first-order valence-corrected chi connectivity index (χ1v) is 5.41. The van der Waals surface area contributed by atoms with Gasteiger partial charge in [-0.05, 0) is 32.7 Å². The summed E-state index contributed by atoms with van der Waals surface area (Å²) in [5, 5.41) is 3.47. The van der Waals surface area contributed by atoms with Crippen LogP contribution in [-0.2, 0) is 4.74 Å². The van der Waals surface area contributed by atoms with E-state index in [1.165, 1.54) is 6.42 Å². The van der Waals surface area contributed by atoms with Gasteiger partial charge in [-0.15, -0.1) is 0 Å². The molecule has 1 N–H and O–H groups in total. The summed E-state index contributed by atoms with van der Waals surface area (Å²) in [6.45, 7) is 9.87. The Kier molecular flexibility index (Phi) is 7.29. The fourth-order valence-corrected chi connectivity index (χ4v) is 1.74. The maximum atomic E-state index is 5.28. The normalized spacial score (nSPS) is 18.2. The molecule has 0 aromatic carbocycles. The summed E-state index contributed by atoms with van der Waals surface area (Å²) in [4.78, 5) is 0. The Morgan fingerprint density at radius 3 is 2.23 bits per heavy atom. The van der Waals surface area contributed by atoms with Gasteiger partial charge < -0.3 is 10.1 Å². The summed E-state index contributed by atoms with van der Waals surface area (Å²) in [5.74, 6) is 0.731. The number of hydrogen-bond donors (Lipinski definition) is 1. The van der Waals surface area contributed by atoms with Crippen LogP contribution in [0.3, 0.4) is 0 Å². The molecule has 2 heteroatoms. The van der Waals surface area contributed by atoms with Gasteiger partial charge in [0.05, 0.1) is 6.10 Å². The molecule has 0 heterocycles. The lowest BCUT2D eigenvalue weighted by Gasteiger charge is -2.25. The summed E-state index contributed by atoms with van der Waals surface area (Å²) < 4.78 is 5.28. The SMILES string of the molecule is CCNC(C)C(CC)CC(C)OC. The van der Waals surface area contributed by atoms with E-state index >= 15 is 0 Å². The quantitative estimate of drug-likeness (QED) is 0.661. The predicted octanol–water partition coefficient (Wildman–Crippen LogP) is 2.44. The third-order valence-electron chi connectivity index (χ3n) is 2.79. The Hall–Kier alpha value is -0.0800. The van der Waals surface area contributed by atoms with Crippen molar-refractivity contribution in [1.82, 2.24) is 5.32 Å². The highest BCUT2D eigenvalue weighted by atomic mass is 16.5. The van der Waals surface area contributed by atoms with Crippen LogP contribution < -0.4 is 5.32 Å². The first-order chi connectivity index (χ1) is 6.15. The molecule has 0 rings (SSSR count). The highest BCUT2D eigenvalue weighted by molar-refractivity contribution is 4.72. The highest BCUT2D eigenvalue weighted by Gasteiger charge is 2.16. The predicted molar refractivity (Wildman–Crippen MR) is 58.0 cm³/mol. The topological polar surface area (TPSA) is 21.3 Å². The highest BCUT2D eigenvalue weighted by Crippen LogP contribution is 2.16. The standard InChI is InChI=1S/C11H25NO/c1-6-11(8-9(3)13-5)10(4)12-7-2/h9-12H,6-8H2,1-5H3. The van der Waals surface area contributed by atoms with Gasteiger partial charge in [0, 0.05) is 13.2 Å². The largest absolute Gasteiger partial charge is 0.382 e. The molecule has 0 fully saturated rings. The van der Waals surface area contributed by atoms with E-state index in [0.717, 1.165) is 18.9 Å². The minimum Gasteiger partial charge on any atom is -0.382 e. The summed E-state index contributed by atoms with van der Waals surface area (Å²) in [5.41, 5.74) is 0. The van der Waals surface area contributed by atoms with E-state index in [2.05, 4.69) is 33.0 Å². The smallest absolute Gasteiger partial charge is 0.0546 e. The van der Waals surface area contributed by atoms with Crippen LogP contribution >= 0.6 is 0 Å². The number of ether oxygens (including phenoxy) is 1. The zero-order valence-electron chi connectivity index (χ0n) is 9.76. The number of rotatable bonds is 7. The average Bonchev–Trinajstić information content (AvgIpc) is 2.14. The van der Waals surface area contributed by atoms with E-state index in [9.17, 15) is 0 Å². The van der Waals surface area contributed by atoms with Gasteiger partial charge in [-0.25, -0.2) is 0 Å². The second-order valence-corrected chi connectivity index (χ2v) is 3.80. The fraction of sp³-hybridized carbons (Fsp3) is 1.00. The molecule has 80 valence electrons. The van der Waals surface area contributed by atoms with E-state index in [1.54, 1.807) is 7.11 Å². The maximum Gasteiger partial charge on any atom is 0.0546 e. The van der Waals surface area contributed by atoms with Crippen LogP contribution in [0.15, 0.2) is 0 Å². The zero-order valence-corrected chi connectivity index (χ0v) is 9.76. The van der Waals surface area contributed by atoms with Crippen molar-refractivity contribution < 1.29 is 4.74 Å². The van der Waals surface area contributed by atoms with Crippen LogP contribution in [0.1, 0.15) is 40.5 Å². The third-order valence-corrected chi connectivity index (χ3v) is 2.79. The number of hydrogen-bond acceptors (Lipinski definition) is 2. The molecule has 0 aromatic heterocycles. The average molecular weight is 187 g/mol. The minimum absolute atomic E-state index is 0.381. The van der Waals surface area contributed by atoms with Gasteiger partial charge in [0.2, 0.25) is 0 Å². The molecule has 3 atom stereocenters. The fourth-order valence-electron chi connectivity index (χ4n) is 1.74. The van der Waals surface area contributed by atoms with Crippen molar-refractivity contribution in [3.63, 3.8) is 0 Å². The van der Waals surface area contributed by atoms with Crippen LogP contribution in [0.5, 0.6) is 0 Å². The van der Waals surface area contributed by atoms with Crippen molar-refractivity contribution in [3.8, 4) is 0 Å². The molecule has 13 heavy (non-hydrogen) atoms. The van der Waals surface area contributed by atoms with Gasteiger partial charge in [-0.3, -0.25) is 0 Å². The molecule has 0 saturated heterocycles. The van der Waals surface area contributed by atoms with E-state index < -0.39 is 0 Å². The molecular formula is C11H25NO. The van der Waals surface area contributed by atoms with Crippen LogP contribution in [0.4, 0.5) is 0 Å². The first-order valence-electron chi connectivity index (χ1n) is 5.41. The van der Waals surface area contributed by atoms with Crippen molar-refractivity contribution in [2.45, 2.75) is 52.7 Å². The molecule has 0 aliphatic carbocycles. The summed E-state index contributed by atoms with van der Waals surface area (Å²) >= 11 is 0. The number of nitrogens with one attached hydrogen (secondary N) is 1. The van der Waals surface area contributed by atoms with Crippen molar-refractivity contribution in [1.29, 1.82) is 0 Å². The Bertz CT molecular complexity index is 117. The van der Waals surface area contributed by atoms with Crippen molar-refractivity contribution >= 4 is 0 Å². The molecule has 0 aliphatic heterocycles. The number of methoxy groups -OCH3 is 1. The van der Waals surface area contributed by atoms with Gasteiger partial charge in [-0.2, -0.15) is 0 Å². The van der Waals surface area contributed by atoms with Gasteiger partial charge in [-0.1, -0.05) is 20.3 Å². The van der Waals surface area contributed by atoms with Gasteiger partial charge in [0.25, 0.3) is 0 Å². The lowest BCUT2D eigenvalue weighted by atomic mass is 9.92. The minimum atomic E-state index is 0.381. The summed E-state index contributed by atoms with van der Waals surface area (Å²) in [6, 6.07) is 0.604. The van der Waals surface area contributed by atoms with Gasteiger partial charge >= 0.3 is 0 Å². The van der Waals surface area contributed by atoms with E-state index in [-0.39, 0.29) is 0 Å². The molecule has 3 unspecified atom stereocenters. The molecule has 0 spiro atoms. The Labute approximate surface area is 83.1 Å². The first kappa shape index (κ1) is 12.9. The van der Waals surface area contributed by atoms with E-state index in [1.807, 2.05) is 0 Å². The monoisotopic (exact) mass is 187 g/mol. The second kappa shape index (κ2) is 7.34. The van der Waals surface area contributed by atoms with Crippen molar-refractivity contribution in [2.75, 3.05) is 13.7 Å². The molecule has 0 radical (unpaired) electrons. The van der Waals surface area contributed by atoms with Gasteiger partial charge in [0.15, 0.2) is 0 Å². The van der Waals surface area contributed by atoms with Crippen LogP contribution in [0.25, 0.3) is 0 Å². The van der Waals surface area contributed by atoms with Crippen LogP contribution in [-0.4, -0.2) is 25.8 Å². The molecule has 0 amide bonds. The third kappa shape index (κ3) is 5.27. The van der Waals surface area contributed by atoms with Crippen molar-refractivity contribution in [2.24, 2.45) is 5.92 Å². The second-order valence-electron chi connectivity index (χ2n) is 3.80. The Balaban J connectivity index is 3.86. The molecule has 2 nitrogen and oxygen atoms in total. The lowest BCUT2D eigenvalue weighted by molar-refractivity contribution is 0.0880. The van der Waals surface area contributed by atoms with E-state index in [0.29, 0.717) is 12.1 Å². The Morgan fingerprint density at radius 1 is 1.23 bits per heavy atom. The zero-order chi connectivity index (χ0) is 10.3. The van der Waals surface area contributed by atoms with Crippen molar-refractivity contribution in [3.05, 3.63) is 0 Å². The lowest BCUT2D eigenvalue weighted by Crippen LogP contribution is -2.34. The molecule has 0 aliphatic rings. The van der Waals surface area contributed by atoms with E-state index in [4.69, 9.17) is 4.74 Å². The molecule has 0 bridgehead atoms. The van der Waals surface area contributed by atoms with Gasteiger partial charge in [0.1, 0.15) is 0 Å². The molecule has 0 saturated carbocycles. The molecule has 0 aromatic rings. The Morgan fingerprint density at radius 2 is 1.85 bits per heavy atom.